The predicted octanol–water partition coefficient (Wildman–Crippen LogP) is -0.617. The zero-order chi connectivity index (χ0) is 12.8. The molecular weight excluding hydrogens is 222 g/mol. The molecule has 6 heteroatoms. The standard InChI is InChI=1S/C11H19N3O3/c1-10(2)8(15)14(9(16)12-10)5-4-13-6-11(3,17)7-13/h17H,4-7H2,1-3H3,(H,12,16). The third kappa shape index (κ3) is 2.28. The number of hydrogen-bond donors (Lipinski definition) is 2. The first-order valence-electron chi connectivity index (χ1n) is 5.80. The number of nitrogens with one attached hydrogen (secondary N) is 1. The van der Waals surface area contributed by atoms with Crippen LogP contribution in [0.2, 0.25) is 0 Å². The van der Waals surface area contributed by atoms with Gasteiger partial charge in [-0.15, -0.1) is 0 Å². The Morgan fingerprint density at radius 3 is 2.24 bits per heavy atom. The van der Waals surface area contributed by atoms with Crippen LogP contribution in [0.15, 0.2) is 0 Å². The van der Waals surface area contributed by atoms with Gasteiger partial charge in [-0.2, -0.15) is 0 Å². The summed E-state index contributed by atoms with van der Waals surface area (Å²) in [6.45, 7) is 7.36. The maximum Gasteiger partial charge on any atom is 0.325 e. The maximum atomic E-state index is 11.9. The second kappa shape index (κ2) is 3.68. The number of nitrogens with zero attached hydrogens (tertiary/aromatic N) is 2. The normalized spacial score (nSPS) is 26.9. The quantitative estimate of drug-likeness (QED) is 0.646. The van der Waals surface area contributed by atoms with E-state index in [9.17, 15) is 14.7 Å². The molecule has 0 bridgehead atoms. The average Bonchev–Trinajstić information content (AvgIpc) is 2.31. The Bertz CT molecular complexity index is 357. The lowest BCUT2D eigenvalue weighted by Crippen LogP contribution is -2.61. The predicted molar refractivity (Wildman–Crippen MR) is 61.4 cm³/mol. The van der Waals surface area contributed by atoms with E-state index in [4.69, 9.17) is 0 Å². The van der Waals surface area contributed by atoms with Crippen molar-refractivity contribution in [1.29, 1.82) is 0 Å². The molecule has 0 aromatic heterocycles. The first-order valence-corrected chi connectivity index (χ1v) is 5.80. The largest absolute Gasteiger partial charge is 0.388 e. The molecule has 2 saturated heterocycles. The molecule has 17 heavy (non-hydrogen) atoms. The second-order valence-corrected chi connectivity index (χ2v) is 5.72. The summed E-state index contributed by atoms with van der Waals surface area (Å²) in [5.74, 6) is -0.185. The SMILES string of the molecule is CC1(O)CN(CCN2C(=O)NC(C)(C)C2=O)C1. The molecule has 2 heterocycles. The highest BCUT2D eigenvalue weighted by Crippen LogP contribution is 2.20. The lowest BCUT2D eigenvalue weighted by molar-refractivity contribution is -0.131. The average molecular weight is 241 g/mol. The number of hydrogen-bond acceptors (Lipinski definition) is 4. The van der Waals surface area contributed by atoms with Gasteiger partial charge in [0.2, 0.25) is 0 Å². The molecule has 0 aliphatic carbocycles. The molecule has 2 rings (SSSR count). The highest BCUT2D eigenvalue weighted by atomic mass is 16.3. The summed E-state index contributed by atoms with van der Waals surface area (Å²) in [5, 5.41) is 12.2. The number of urea groups is 1. The van der Waals surface area contributed by atoms with Gasteiger partial charge in [-0.3, -0.25) is 14.6 Å². The van der Waals surface area contributed by atoms with Crippen LogP contribution in [-0.4, -0.2) is 64.2 Å². The van der Waals surface area contributed by atoms with E-state index in [1.165, 1.54) is 4.90 Å². The summed E-state index contributed by atoms with van der Waals surface area (Å²) in [5.41, 5.74) is -1.41. The van der Waals surface area contributed by atoms with Gasteiger partial charge in [0.1, 0.15) is 5.54 Å². The van der Waals surface area contributed by atoms with Crippen molar-refractivity contribution in [2.45, 2.75) is 31.9 Å². The van der Waals surface area contributed by atoms with Crippen LogP contribution in [0.1, 0.15) is 20.8 Å². The van der Waals surface area contributed by atoms with Crippen LogP contribution in [0.5, 0.6) is 0 Å². The molecule has 0 unspecified atom stereocenters. The summed E-state index contributed by atoms with van der Waals surface area (Å²) in [7, 11) is 0. The van der Waals surface area contributed by atoms with Crippen molar-refractivity contribution < 1.29 is 14.7 Å². The molecule has 0 saturated carbocycles. The second-order valence-electron chi connectivity index (χ2n) is 5.72. The lowest BCUT2D eigenvalue weighted by Gasteiger charge is -2.44. The van der Waals surface area contributed by atoms with E-state index in [1.54, 1.807) is 20.8 Å². The molecule has 0 atom stereocenters. The molecule has 2 N–H and O–H groups in total. The first-order chi connectivity index (χ1) is 7.71. The minimum absolute atomic E-state index is 0.185. The van der Waals surface area contributed by atoms with Crippen LogP contribution in [0, 0.1) is 0 Å². The van der Waals surface area contributed by atoms with Gasteiger partial charge in [0.15, 0.2) is 0 Å². The van der Waals surface area contributed by atoms with E-state index in [-0.39, 0.29) is 11.9 Å². The molecule has 0 spiro atoms. The van der Waals surface area contributed by atoms with Crippen LogP contribution < -0.4 is 5.32 Å². The Kier molecular flexibility index (Phi) is 2.67. The van der Waals surface area contributed by atoms with Crippen molar-refractivity contribution >= 4 is 11.9 Å². The van der Waals surface area contributed by atoms with Crippen LogP contribution in [0.4, 0.5) is 4.79 Å². The fraction of sp³-hybridized carbons (Fsp3) is 0.818. The van der Waals surface area contributed by atoms with Crippen LogP contribution in [0.25, 0.3) is 0 Å². The van der Waals surface area contributed by atoms with Crippen molar-refractivity contribution in [3.63, 3.8) is 0 Å². The number of likely N-dealkylation sites (tertiary alicyclic amines) is 1. The monoisotopic (exact) mass is 241 g/mol. The summed E-state index contributed by atoms with van der Waals surface area (Å²) in [4.78, 5) is 26.7. The smallest absolute Gasteiger partial charge is 0.325 e. The topological polar surface area (TPSA) is 72.9 Å². The zero-order valence-corrected chi connectivity index (χ0v) is 10.5. The summed E-state index contributed by atoms with van der Waals surface area (Å²) < 4.78 is 0. The van der Waals surface area contributed by atoms with Crippen molar-refractivity contribution in [3.8, 4) is 0 Å². The van der Waals surface area contributed by atoms with Gasteiger partial charge in [0.25, 0.3) is 5.91 Å². The third-order valence-corrected chi connectivity index (χ3v) is 3.21. The Morgan fingerprint density at radius 1 is 1.24 bits per heavy atom. The molecule has 6 nitrogen and oxygen atoms in total. The molecular formula is C11H19N3O3. The minimum Gasteiger partial charge on any atom is -0.388 e. The van der Waals surface area contributed by atoms with Crippen molar-refractivity contribution in [2.75, 3.05) is 26.2 Å². The van der Waals surface area contributed by atoms with Crippen LogP contribution in [-0.2, 0) is 4.79 Å². The minimum atomic E-state index is -0.794. The van der Waals surface area contributed by atoms with E-state index in [1.807, 2.05) is 4.90 Å². The van der Waals surface area contributed by atoms with Crippen molar-refractivity contribution in [1.82, 2.24) is 15.1 Å². The number of aliphatic hydroxyl groups is 1. The molecule has 2 aliphatic rings. The van der Waals surface area contributed by atoms with E-state index >= 15 is 0 Å². The third-order valence-electron chi connectivity index (χ3n) is 3.21. The van der Waals surface area contributed by atoms with E-state index in [0.717, 1.165) is 0 Å². The van der Waals surface area contributed by atoms with Gasteiger partial charge < -0.3 is 10.4 Å². The summed E-state index contributed by atoms with van der Waals surface area (Å²) in [6, 6.07) is -0.327. The Labute approximate surface area is 101 Å². The number of β-amino-alcohol motifs (C(OH)–C–C–N with tert-alkyl or cyclic N) is 1. The van der Waals surface area contributed by atoms with Gasteiger partial charge >= 0.3 is 6.03 Å². The number of imide groups is 1. The summed E-state index contributed by atoms with van der Waals surface area (Å²) >= 11 is 0. The number of carbonyl (C=O) groups is 2. The Balaban J connectivity index is 1.84. The number of carbonyl (C=O) groups excluding carboxylic acids is 2. The molecule has 0 aromatic rings. The highest BCUT2D eigenvalue weighted by molar-refractivity contribution is 6.06. The van der Waals surface area contributed by atoms with Gasteiger partial charge in [-0.05, 0) is 20.8 Å². The van der Waals surface area contributed by atoms with Gasteiger partial charge in [0.05, 0.1) is 5.60 Å². The van der Waals surface area contributed by atoms with E-state index in [0.29, 0.717) is 26.2 Å². The fourth-order valence-corrected chi connectivity index (χ4v) is 2.34. The zero-order valence-electron chi connectivity index (χ0n) is 10.5. The highest BCUT2D eigenvalue weighted by Gasteiger charge is 2.44. The van der Waals surface area contributed by atoms with Crippen molar-refractivity contribution in [3.05, 3.63) is 0 Å². The van der Waals surface area contributed by atoms with Crippen LogP contribution >= 0.6 is 0 Å². The van der Waals surface area contributed by atoms with Crippen molar-refractivity contribution in [2.24, 2.45) is 0 Å². The van der Waals surface area contributed by atoms with E-state index < -0.39 is 11.1 Å². The van der Waals surface area contributed by atoms with Gasteiger partial charge in [0, 0.05) is 26.2 Å². The van der Waals surface area contributed by atoms with Gasteiger partial charge in [-0.25, -0.2) is 4.79 Å². The maximum absolute atomic E-state index is 11.9. The lowest BCUT2D eigenvalue weighted by atomic mass is 9.97. The van der Waals surface area contributed by atoms with E-state index in [2.05, 4.69) is 5.32 Å². The van der Waals surface area contributed by atoms with Crippen LogP contribution in [0.3, 0.4) is 0 Å². The Hall–Kier alpha value is -1.14. The molecule has 96 valence electrons. The number of amides is 3. The number of rotatable bonds is 3. The Morgan fingerprint density at radius 2 is 1.82 bits per heavy atom. The fourth-order valence-electron chi connectivity index (χ4n) is 2.34. The first kappa shape index (κ1) is 12.3. The molecule has 2 aliphatic heterocycles. The molecule has 0 radical (unpaired) electrons. The van der Waals surface area contributed by atoms with Gasteiger partial charge in [-0.1, -0.05) is 0 Å². The molecule has 0 aromatic carbocycles. The molecule has 3 amide bonds. The molecule has 2 fully saturated rings. The summed E-state index contributed by atoms with van der Waals surface area (Å²) in [6.07, 6.45) is 0.